The Kier molecular flexibility index (Phi) is 4.93. The molecule has 34 heavy (non-hydrogen) atoms. The third kappa shape index (κ3) is 3.44. The van der Waals surface area contributed by atoms with Crippen molar-refractivity contribution < 1.29 is 0 Å². The van der Waals surface area contributed by atoms with Crippen LogP contribution in [0, 0.1) is 0 Å². The van der Waals surface area contributed by atoms with Gasteiger partial charge in [-0.3, -0.25) is 9.13 Å². The van der Waals surface area contributed by atoms with Crippen molar-refractivity contribution in [2.45, 2.75) is 0 Å². The van der Waals surface area contributed by atoms with Gasteiger partial charge in [-0.15, -0.1) is 0 Å². The van der Waals surface area contributed by atoms with Crippen LogP contribution in [0.15, 0.2) is 138 Å². The summed E-state index contributed by atoms with van der Waals surface area (Å²) in [4.78, 5) is 13.9. The normalized spacial score (nSPS) is 11.1. The fraction of sp³-hybridized carbons (Fsp3) is 0. The number of para-hydroxylation sites is 2. The van der Waals surface area contributed by atoms with Crippen molar-refractivity contribution >= 4 is 11.0 Å². The Morgan fingerprint density at radius 1 is 0.382 bits per heavy atom. The molecule has 0 aliphatic rings. The summed E-state index contributed by atoms with van der Waals surface area (Å²) in [6.45, 7) is 0. The zero-order valence-corrected chi connectivity index (χ0v) is 18.5. The van der Waals surface area contributed by atoms with Gasteiger partial charge in [0.15, 0.2) is 0 Å². The minimum absolute atomic E-state index is 0.0865. The molecule has 0 radical (unpaired) electrons. The van der Waals surface area contributed by atoms with Gasteiger partial charge in [-0.05, 0) is 58.7 Å². The third-order valence-electron chi connectivity index (χ3n) is 6.17. The van der Waals surface area contributed by atoms with Gasteiger partial charge < -0.3 is 0 Å². The molecule has 1 aromatic heterocycles. The summed E-state index contributed by atoms with van der Waals surface area (Å²) in [5, 5.41) is 0. The van der Waals surface area contributed by atoms with E-state index in [1.807, 2.05) is 84.9 Å². The smallest absolute Gasteiger partial charge is 0.260 e. The summed E-state index contributed by atoms with van der Waals surface area (Å²) >= 11 is 0. The number of benzene rings is 5. The van der Waals surface area contributed by atoms with Crippen LogP contribution in [-0.2, 0) is 0 Å². The molecule has 0 aliphatic carbocycles. The molecule has 162 valence electrons. The molecule has 0 N–H and O–H groups in total. The summed E-state index contributed by atoms with van der Waals surface area (Å²) in [7, 11) is 0. The van der Waals surface area contributed by atoms with Gasteiger partial charge in [0.25, 0.3) is 0 Å². The van der Waals surface area contributed by atoms with E-state index < -0.39 is 0 Å². The second-order valence-corrected chi connectivity index (χ2v) is 8.27. The average molecular weight is 439 g/mol. The first-order chi connectivity index (χ1) is 16.8. The zero-order valence-electron chi connectivity index (χ0n) is 18.5. The van der Waals surface area contributed by atoms with Crippen molar-refractivity contribution in [1.82, 2.24) is 9.13 Å². The van der Waals surface area contributed by atoms with Gasteiger partial charge in [-0.1, -0.05) is 97.1 Å². The van der Waals surface area contributed by atoms with Crippen LogP contribution in [0.5, 0.6) is 0 Å². The van der Waals surface area contributed by atoms with E-state index in [4.69, 9.17) is 0 Å². The number of imidazole rings is 1. The lowest BCUT2D eigenvalue weighted by Crippen LogP contribution is -2.22. The van der Waals surface area contributed by atoms with Gasteiger partial charge in [0.05, 0.1) is 22.4 Å². The highest BCUT2D eigenvalue weighted by molar-refractivity contribution is 5.81. The predicted octanol–water partition coefficient (Wildman–Crippen LogP) is 7.12. The number of rotatable bonds is 4. The molecule has 0 spiro atoms. The van der Waals surface area contributed by atoms with Crippen molar-refractivity contribution in [3.8, 4) is 33.6 Å². The van der Waals surface area contributed by atoms with Gasteiger partial charge in [-0.25, -0.2) is 4.79 Å². The SMILES string of the molecule is O=c1n(-c2cccc(-c3ccccc3)c2)c2ccccc2n1-c1cccc(-c2ccccc2)c1. The first-order valence-electron chi connectivity index (χ1n) is 11.3. The predicted molar refractivity (Wildman–Crippen MR) is 140 cm³/mol. The van der Waals surface area contributed by atoms with E-state index in [2.05, 4.69) is 48.5 Å². The van der Waals surface area contributed by atoms with Crippen molar-refractivity contribution in [3.05, 3.63) is 144 Å². The molecular formula is C31H22N2O. The second-order valence-electron chi connectivity index (χ2n) is 8.27. The minimum atomic E-state index is -0.0865. The number of nitrogens with zero attached hydrogens (tertiary/aromatic N) is 2. The Hall–Kier alpha value is -4.63. The van der Waals surface area contributed by atoms with E-state index in [0.29, 0.717) is 0 Å². The fourth-order valence-corrected chi connectivity index (χ4v) is 4.56. The number of fused-ring (bicyclic) bond motifs is 1. The van der Waals surface area contributed by atoms with Crippen molar-refractivity contribution in [2.75, 3.05) is 0 Å². The van der Waals surface area contributed by atoms with Crippen LogP contribution < -0.4 is 5.69 Å². The van der Waals surface area contributed by atoms with Gasteiger partial charge in [-0.2, -0.15) is 0 Å². The van der Waals surface area contributed by atoms with Crippen LogP contribution >= 0.6 is 0 Å². The summed E-state index contributed by atoms with van der Waals surface area (Å²) in [6, 6.07) is 44.7. The van der Waals surface area contributed by atoms with E-state index in [9.17, 15) is 4.79 Å². The van der Waals surface area contributed by atoms with E-state index in [0.717, 1.165) is 44.7 Å². The Morgan fingerprint density at radius 3 is 1.21 bits per heavy atom. The molecular weight excluding hydrogens is 416 g/mol. The first kappa shape index (κ1) is 20.0. The van der Waals surface area contributed by atoms with Gasteiger partial charge in [0, 0.05) is 0 Å². The van der Waals surface area contributed by atoms with Crippen molar-refractivity contribution in [3.63, 3.8) is 0 Å². The van der Waals surface area contributed by atoms with Crippen molar-refractivity contribution in [1.29, 1.82) is 0 Å². The molecule has 3 nitrogen and oxygen atoms in total. The van der Waals surface area contributed by atoms with Gasteiger partial charge in [0.1, 0.15) is 0 Å². The number of aromatic nitrogens is 2. The van der Waals surface area contributed by atoms with E-state index in [1.165, 1.54) is 0 Å². The van der Waals surface area contributed by atoms with E-state index in [-0.39, 0.29) is 5.69 Å². The van der Waals surface area contributed by atoms with Crippen LogP contribution in [-0.4, -0.2) is 9.13 Å². The monoisotopic (exact) mass is 438 g/mol. The van der Waals surface area contributed by atoms with Crippen LogP contribution in [0.2, 0.25) is 0 Å². The molecule has 0 unspecified atom stereocenters. The lowest BCUT2D eigenvalue weighted by atomic mass is 10.1. The van der Waals surface area contributed by atoms with Crippen LogP contribution in [0.4, 0.5) is 0 Å². The molecule has 6 rings (SSSR count). The van der Waals surface area contributed by atoms with Crippen LogP contribution in [0.25, 0.3) is 44.7 Å². The second kappa shape index (κ2) is 8.38. The molecule has 5 aromatic carbocycles. The summed E-state index contributed by atoms with van der Waals surface area (Å²) < 4.78 is 3.61. The maximum atomic E-state index is 13.9. The maximum absolute atomic E-state index is 13.9. The Balaban J connectivity index is 1.56. The highest BCUT2D eigenvalue weighted by atomic mass is 16.1. The minimum Gasteiger partial charge on any atom is -0.260 e. The maximum Gasteiger partial charge on any atom is 0.338 e. The highest BCUT2D eigenvalue weighted by Crippen LogP contribution is 2.27. The van der Waals surface area contributed by atoms with Crippen molar-refractivity contribution in [2.24, 2.45) is 0 Å². The first-order valence-corrected chi connectivity index (χ1v) is 11.3. The standard InChI is InChI=1S/C31H22N2O/c34-31-32(27-17-9-15-25(21-27)23-11-3-1-4-12-23)29-19-7-8-20-30(29)33(31)28-18-10-16-26(22-28)24-13-5-2-6-14-24/h1-22H. The molecule has 0 fully saturated rings. The topological polar surface area (TPSA) is 26.9 Å². The summed E-state index contributed by atoms with van der Waals surface area (Å²) in [5.41, 5.74) is 7.76. The number of hydrogen-bond donors (Lipinski definition) is 0. The van der Waals surface area contributed by atoms with E-state index >= 15 is 0 Å². The molecule has 0 aliphatic heterocycles. The lowest BCUT2D eigenvalue weighted by Gasteiger charge is -2.08. The van der Waals surface area contributed by atoms with Gasteiger partial charge in [0.2, 0.25) is 0 Å². The Morgan fingerprint density at radius 2 is 0.765 bits per heavy atom. The largest absolute Gasteiger partial charge is 0.338 e. The molecule has 0 saturated heterocycles. The Labute approximate surface area is 197 Å². The zero-order chi connectivity index (χ0) is 22.9. The molecule has 0 amide bonds. The summed E-state index contributed by atoms with van der Waals surface area (Å²) in [5.74, 6) is 0. The molecule has 0 bridgehead atoms. The quantitative estimate of drug-likeness (QED) is 0.288. The third-order valence-corrected chi connectivity index (χ3v) is 6.17. The number of hydrogen-bond acceptors (Lipinski definition) is 1. The molecule has 1 heterocycles. The van der Waals surface area contributed by atoms with Gasteiger partial charge >= 0.3 is 5.69 Å². The van der Waals surface area contributed by atoms with Crippen LogP contribution in [0.3, 0.4) is 0 Å². The Bertz CT molecular complexity index is 1540. The molecule has 6 aromatic rings. The molecule has 0 atom stereocenters. The molecule has 3 heteroatoms. The average Bonchev–Trinajstić information content (AvgIpc) is 3.21. The lowest BCUT2D eigenvalue weighted by molar-refractivity contribution is 0.931. The highest BCUT2D eigenvalue weighted by Gasteiger charge is 2.16. The molecule has 0 saturated carbocycles. The van der Waals surface area contributed by atoms with Crippen LogP contribution in [0.1, 0.15) is 0 Å². The fourth-order valence-electron chi connectivity index (χ4n) is 4.56. The van der Waals surface area contributed by atoms with E-state index in [1.54, 1.807) is 9.13 Å². The summed E-state index contributed by atoms with van der Waals surface area (Å²) in [6.07, 6.45) is 0.